The fourth-order valence-electron chi connectivity index (χ4n) is 0.707. The van der Waals surface area contributed by atoms with Gasteiger partial charge in [-0.3, -0.25) is 0 Å². The van der Waals surface area contributed by atoms with Crippen LogP contribution < -0.4 is 10.5 Å². The maximum Gasteiger partial charge on any atom is 0.274 e. The summed E-state index contributed by atoms with van der Waals surface area (Å²) in [6, 6.07) is 2.87. The highest BCUT2D eigenvalue weighted by atomic mass is 79.9. The van der Waals surface area contributed by atoms with Crippen molar-refractivity contribution in [1.82, 2.24) is 4.72 Å². The van der Waals surface area contributed by atoms with Gasteiger partial charge in [-0.25, -0.2) is 13.1 Å². The third kappa shape index (κ3) is 2.80. The van der Waals surface area contributed by atoms with Crippen LogP contribution in [0, 0.1) is 0 Å². The number of nitrogens with one attached hydrogen (secondary N) is 1. The molecule has 74 valence electrons. The molecule has 1 aromatic heterocycles. The van der Waals surface area contributed by atoms with Crippen molar-refractivity contribution in [3.63, 3.8) is 0 Å². The van der Waals surface area contributed by atoms with Crippen molar-refractivity contribution in [2.75, 3.05) is 13.1 Å². The highest BCUT2D eigenvalue weighted by molar-refractivity contribution is 9.10. The monoisotopic (exact) mass is 268 g/mol. The second-order valence-corrected chi connectivity index (χ2v) is 4.72. The molecule has 0 amide bonds. The molecule has 5 nitrogen and oxygen atoms in total. The minimum Gasteiger partial charge on any atom is -0.437 e. The summed E-state index contributed by atoms with van der Waals surface area (Å²) in [5, 5.41) is -0.118. The molecular formula is C6H9BrN2O3S. The van der Waals surface area contributed by atoms with Gasteiger partial charge in [-0.1, -0.05) is 0 Å². The van der Waals surface area contributed by atoms with Gasteiger partial charge < -0.3 is 10.2 Å². The molecule has 0 saturated carbocycles. The molecule has 7 heteroatoms. The molecule has 0 spiro atoms. The summed E-state index contributed by atoms with van der Waals surface area (Å²) >= 11 is 3.01. The van der Waals surface area contributed by atoms with Crippen molar-refractivity contribution < 1.29 is 12.8 Å². The molecule has 3 N–H and O–H groups in total. The molecule has 0 aliphatic carbocycles. The fourth-order valence-corrected chi connectivity index (χ4v) is 2.10. The van der Waals surface area contributed by atoms with Crippen LogP contribution in [0.4, 0.5) is 0 Å². The van der Waals surface area contributed by atoms with Gasteiger partial charge in [0.15, 0.2) is 4.67 Å². The molecule has 1 heterocycles. The topological polar surface area (TPSA) is 85.3 Å². The molecule has 0 saturated heterocycles. The number of halogens is 1. The molecule has 0 radical (unpaired) electrons. The zero-order chi connectivity index (χ0) is 9.90. The summed E-state index contributed by atoms with van der Waals surface area (Å²) in [5.74, 6) is 0. The zero-order valence-electron chi connectivity index (χ0n) is 6.66. The third-order valence-corrected chi connectivity index (χ3v) is 3.01. The molecule has 0 unspecified atom stereocenters. The Bertz CT molecular complexity index is 373. The third-order valence-electron chi connectivity index (χ3n) is 1.25. The van der Waals surface area contributed by atoms with E-state index in [0.29, 0.717) is 4.67 Å². The van der Waals surface area contributed by atoms with E-state index in [4.69, 9.17) is 10.2 Å². The lowest BCUT2D eigenvalue weighted by Crippen LogP contribution is -2.28. The van der Waals surface area contributed by atoms with Crippen LogP contribution in [-0.2, 0) is 10.0 Å². The predicted octanol–water partition coefficient (Wildman–Crippen LogP) is 0.279. The molecule has 1 rings (SSSR count). The second-order valence-electron chi connectivity index (χ2n) is 2.24. The number of hydrogen-bond donors (Lipinski definition) is 2. The summed E-state index contributed by atoms with van der Waals surface area (Å²) in [6.45, 7) is 0.446. The Labute approximate surface area is 84.5 Å². The van der Waals surface area contributed by atoms with Crippen LogP contribution in [0.15, 0.2) is 26.3 Å². The van der Waals surface area contributed by atoms with Crippen LogP contribution in [0.25, 0.3) is 0 Å². The summed E-state index contributed by atoms with van der Waals surface area (Å²) in [4.78, 5) is 0. The van der Waals surface area contributed by atoms with Gasteiger partial charge in [-0.05, 0) is 28.1 Å². The Morgan fingerprint density at radius 2 is 2.23 bits per heavy atom. The van der Waals surface area contributed by atoms with Gasteiger partial charge in [0.05, 0.1) is 0 Å². The van der Waals surface area contributed by atoms with Gasteiger partial charge in [-0.15, -0.1) is 0 Å². The van der Waals surface area contributed by atoms with Gasteiger partial charge >= 0.3 is 0 Å². The van der Waals surface area contributed by atoms with Crippen LogP contribution in [0.2, 0.25) is 0 Å². The standard InChI is InChI=1S/C6H9BrN2O3S/c7-5-1-2-6(12-5)13(10,11)9-4-3-8/h1-2,9H,3-4,8H2. The van der Waals surface area contributed by atoms with E-state index in [0.717, 1.165) is 0 Å². The quantitative estimate of drug-likeness (QED) is 0.822. The van der Waals surface area contributed by atoms with E-state index in [1.165, 1.54) is 12.1 Å². The first-order valence-electron chi connectivity index (χ1n) is 3.51. The smallest absolute Gasteiger partial charge is 0.274 e. The molecule has 0 fully saturated rings. The summed E-state index contributed by atoms with van der Waals surface area (Å²) in [7, 11) is -3.53. The van der Waals surface area contributed by atoms with Crippen molar-refractivity contribution in [2.24, 2.45) is 5.73 Å². The van der Waals surface area contributed by atoms with Crippen molar-refractivity contribution in [1.29, 1.82) is 0 Å². The minimum atomic E-state index is -3.53. The highest BCUT2D eigenvalue weighted by Crippen LogP contribution is 2.17. The van der Waals surface area contributed by atoms with Crippen molar-refractivity contribution in [2.45, 2.75) is 5.09 Å². The molecule has 1 aromatic rings. The molecule has 0 atom stereocenters. The van der Waals surface area contributed by atoms with Crippen LogP contribution >= 0.6 is 15.9 Å². The number of nitrogens with two attached hydrogens (primary N) is 1. The van der Waals surface area contributed by atoms with Gasteiger partial charge in [0.1, 0.15) is 0 Å². The number of sulfonamides is 1. The Morgan fingerprint density at radius 1 is 1.54 bits per heavy atom. The average molecular weight is 269 g/mol. The molecular weight excluding hydrogens is 260 g/mol. The Hall–Kier alpha value is -0.370. The largest absolute Gasteiger partial charge is 0.437 e. The first-order chi connectivity index (χ1) is 6.06. The average Bonchev–Trinajstić information content (AvgIpc) is 2.49. The van der Waals surface area contributed by atoms with Crippen LogP contribution in [-0.4, -0.2) is 21.5 Å². The van der Waals surface area contributed by atoms with Gasteiger partial charge in [0.2, 0.25) is 5.09 Å². The van der Waals surface area contributed by atoms with Crippen LogP contribution in [0.1, 0.15) is 0 Å². The predicted molar refractivity (Wildman–Crippen MR) is 50.7 cm³/mol. The lowest BCUT2D eigenvalue weighted by atomic mass is 10.7. The normalized spacial score (nSPS) is 11.8. The highest BCUT2D eigenvalue weighted by Gasteiger charge is 2.16. The summed E-state index contributed by atoms with van der Waals surface area (Å²) in [6.07, 6.45) is 0. The van der Waals surface area contributed by atoms with Crippen LogP contribution in [0.5, 0.6) is 0 Å². The molecule has 0 aliphatic rings. The number of furan rings is 1. The maximum atomic E-state index is 11.3. The molecule has 0 bridgehead atoms. The van der Waals surface area contributed by atoms with E-state index in [9.17, 15) is 8.42 Å². The molecule has 0 aliphatic heterocycles. The Morgan fingerprint density at radius 3 is 2.69 bits per heavy atom. The van der Waals surface area contributed by atoms with E-state index in [1.807, 2.05) is 0 Å². The molecule has 13 heavy (non-hydrogen) atoms. The lowest BCUT2D eigenvalue weighted by Gasteiger charge is -2.00. The van der Waals surface area contributed by atoms with Crippen LogP contribution in [0.3, 0.4) is 0 Å². The van der Waals surface area contributed by atoms with E-state index < -0.39 is 10.0 Å². The summed E-state index contributed by atoms with van der Waals surface area (Å²) < 4.78 is 30.2. The van der Waals surface area contributed by atoms with Gasteiger partial charge in [0, 0.05) is 13.1 Å². The maximum absolute atomic E-state index is 11.3. The van der Waals surface area contributed by atoms with E-state index in [-0.39, 0.29) is 18.2 Å². The van der Waals surface area contributed by atoms with E-state index in [2.05, 4.69) is 20.7 Å². The number of hydrogen-bond acceptors (Lipinski definition) is 4. The minimum absolute atomic E-state index is 0.118. The van der Waals surface area contributed by atoms with Crippen molar-refractivity contribution in [3.05, 3.63) is 16.8 Å². The Kier molecular flexibility index (Phi) is 3.48. The first kappa shape index (κ1) is 10.7. The Balaban J connectivity index is 2.82. The van der Waals surface area contributed by atoms with E-state index in [1.54, 1.807) is 0 Å². The van der Waals surface area contributed by atoms with Gasteiger partial charge in [0.25, 0.3) is 10.0 Å². The van der Waals surface area contributed by atoms with E-state index >= 15 is 0 Å². The van der Waals surface area contributed by atoms with Gasteiger partial charge in [-0.2, -0.15) is 0 Å². The fraction of sp³-hybridized carbons (Fsp3) is 0.333. The number of rotatable bonds is 4. The van der Waals surface area contributed by atoms with Crippen molar-refractivity contribution in [3.8, 4) is 0 Å². The first-order valence-corrected chi connectivity index (χ1v) is 5.79. The second kappa shape index (κ2) is 4.23. The lowest BCUT2D eigenvalue weighted by molar-refractivity contribution is 0.428. The SMILES string of the molecule is NCCNS(=O)(=O)c1ccc(Br)o1. The van der Waals surface area contributed by atoms with Crippen molar-refractivity contribution >= 4 is 26.0 Å². The molecule has 0 aromatic carbocycles. The summed E-state index contributed by atoms with van der Waals surface area (Å²) in [5.41, 5.74) is 5.15. The zero-order valence-corrected chi connectivity index (χ0v) is 9.06.